The number of aromatic nitrogens is 1. The summed E-state index contributed by atoms with van der Waals surface area (Å²) in [4.78, 5) is 38.0. The molecule has 2 aromatic carbocycles. The van der Waals surface area contributed by atoms with Crippen LogP contribution in [0.15, 0.2) is 60.7 Å². The summed E-state index contributed by atoms with van der Waals surface area (Å²) in [5, 5.41) is 5.89. The molecule has 3 aromatic rings. The first-order valence-electron chi connectivity index (χ1n) is 14.2. The molecule has 0 aliphatic carbocycles. The lowest BCUT2D eigenvalue weighted by atomic mass is 10.1. The van der Waals surface area contributed by atoms with Gasteiger partial charge in [-0.2, -0.15) is 0 Å². The standard InChI is InChI=1S/C32H42N6O3/c1-23(2)22-41-28-18-29-31(39)33-26-10-6-8-24(16-26)20-37(4)14-12-36(3)13-15-38(5)21-25-9-7-11-27(17-25)34-32(40)30(19-28)35-29/h6-11,16-19,23H,12-15,20-22H2,1-5H3,(H,33,39)(H,34,40). The van der Waals surface area contributed by atoms with Gasteiger partial charge >= 0.3 is 0 Å². The van der Waals surface area contributed by atoms with Crippen LogP contribution >= 0.6 is 0 Å². The Morgan fingerprint density at radius 1 is 0.732 bits per heavy atom. The summed E-state index contributed by atoms with van der Waals surface area (Å²) in [6.07, 6.45) is 0. The van der Waals surface area contributed by atoms with Crippen molar-refractivity contribution in [1.82, 2.24) is 19.7 Å². The molecule has 0 atom stereocenters. The Morgan fingerprint density at radius 3 is 1.66 bits per heavy atom. The first-order chi connectivity index (χ1) is 19.6. The lowest BCUT2D eigenvalue weighted by Gasteiger charge is -2.25. The summed E-state index contributed by atoms with van der Waals surface area (Å²) in [5.41, 5.74) is 3.75. The van der Waals surface area contributed by atoms with E-state index in [-0.39, 0.29) is 17.3 Å². The van der Waals surface area contributed by atoms with E-state index >= 15 is 0 Å². The van der Waals surface area contributed by atoms with Gasteiger partial charge in [0.15, 0.2) is 0 Å². The van der Waals surface area contributed by atoms with Crippen LogP contribution in [0, 0.1) is 5.92 Å². The summed E-state index contributed by atoms with van der Waals surface area (Å²) >= 11 is 0. The minimum Gasteiger partial charge on any atom is -0.493 e. The molecule has 0 unspecified atom stereocenters. The zero-order valence-electron chi connectivity index (χ0n) is 24.8. The number of carbonyl (C=O) groups excluding carboxylic acids is 2. The third-order valence-electron chi connectivity index (χ3n) is 6.85. The van der Waals surface area contributed by atoms with Crippen molar-refractivity contribution in [3.63, 3.8) is 0 Å². The van der Waals surface area contributed by atoms with E-state index in [1.807, 2.05) is 50.2 Å². The number of anilines is 2. The van der Waals surface area contributed by atoms with E-state index in [2.05, 4.69) is 63.6 Å². The third-order valence-corrected chi connectivity index (χ3v) is 6.85. The van der Waals surface area contributed by atoms with Crippen LogP contribution in [-0.2, 0) is 13.1 Å². The van der Waals surface area contributed by atoms with Crippen molar-refractivity contribution < 1.29 is 14.3 Å². The molecule has 2 amide bonds. The molecule has 0 spiro atoms. The Balaban J connectivity index is 1.65. The summed E-state index contributed by atoms with van der Waals surface area (Å²) < 4.78 is 5.91. The van der Waals surface area contributed by atoms with E-state index in [4.69, 9.17) is 4.74 Å². The molecule has 1 aliphatic heterocycles. The molecule has 4 rings (SSSR count). The van der Waals surface area contributed by atoms with Crippen LogP contribution in [0.25, 0.3) is 0 Å². The van der Waals surface area contributed by atoms with Crippen LogP contribution in [0.4, 0.5) is 11.4 Å². The van der Waals surface area contributed by atoms with E-state index in [9.17, 15) is 9.59 Å². The number of hydrogen-bond donors (Lipinski definition) is 2. The second-order valence-corrected chi connectivity index (χ2v) is 11.4. The molecule has 6 bridgehead atoms. The maximum atomic E-state index is 13.3. The van der Waals surface area contributed by atoms with Crippen molar-refractivity contribution in [3.05, 3.63) is 83.2 Å². The van der Waals surface area contributed by atoms with Gasteiger partial charge in [0.25, 0.3) is 11.8 Å². The fourth-order valence-corrected chi connectivity index (χ4v) is 4.55. The molecule has 41 heavy (non-hydrogen) atoms. The van der Waals surface area contributed by atoms with Gasteiger partial charge in [0.2, 0.25) is 0 Å². The van der Waals surface area contributed by atoms with Crippen LogP contribution in [0.2, 0.25) is 0 Å². The monoisotopic (exact) mass is 558 g/mol. The van der Waals surface area contributed by atoms with Crippen LogP contribution in [-0.4, -0.2) is 85.4 Å². The van der Waals surface area contributed by atoms with Crippen molar-refractivity contribution in [2.75, 3.05) is 64.6 Å². The molecule has 2 N–H and O–H groups in total. The van der Waals surface area contributed by atoms with Gasteiger partial charge in [-0.25, -0.2) is 4.98 Å². The van der Waals surface area contributed by atoms with E-state index in [1.165, 1.54) is 0 Å². The maximum absolute atomic E-state index is 13.3. The SMILES string of the molecule is CC(C)COc1cc2nc(c1)C(=O)Nc1cccc(c1)CN(C)CCN(C)CCN(C)Cc1cccc(c1)NC2=O. The molecule has 218 valence electrons. The van der Waals surface area contributed by atoms with Crippen molar-refractivity contribution in [2.24, 2.45) is 5.92 Å². The lowest BCUT2D eigenvalue weighted by Crippen LogP contribution is -2.35. The number of nitrogens with one attached hydrogen (secondary N) is 2. The number of ether oxygens (including phenoxy) is 1. The number of nitrogens with zero attached hydrogens (tertiary/aromatic N) is 4. The Morgan fingerprint density at radius 2 is 1.20 bits per heavy atom. The molecule has 9 heteroatoms. The van der Waals surface area contributed by atoms with Crippen molar-refractivity contribution in [1.29, 1.82) is 0 Å². The van der Waals surface area contributed by atoms with Crippen molar-refractivity contribution in [2.45, 2.75) is 26.9 Å². The van der Waals surface area contributed by atoms with E-state index < -0.39 is 11.8 Å². The number of carbonyl (C=O) groups is 2. The lowest BCUT2D eigenvalue weighted by molar-refractivity contribution is 0.101. The zero-order chi connectivity index (χ0) is 29.4. The molecule has 2 heterocycles. The first-order valence-corrected chi connectivity index (χ1v) is 14.2. The third kappa shape index (κ3) is 9.38. The maximum Gasteiger partial charge on any atom is 0.274 e. The van der Waals surface area contributed by atoms with Gasteiger partial charge < -0.3 is 30.1 Å². The number of likely N-dealkylation sites (N-methyl/N-ethyl adjacent to an activating group) is 3. The number of benzene rings is 2. The highest BCUT2D eigenvalue weighted by Crippen LogP contribution is 2.20. The van der Waals surface area contributed by atoms with Gasteiger partial charge in [0, 0.05) is 62.8 Å². The molecule has 0 radical (unpaired) electrons. The smallest absolute Gasteiger partial charge is 0.274 e. The molecule has 0 saturated carbocycles. The Labute approximate surface area is 243 Å². The van der Waals surface area contributed by atoms with Crippen molar-refractivity contribution >= 4 is 23.2 Å². The van der Waals surface area contributed by atoms with Crippen LogP contribution in [0.5, 0.6) is 5.75 Å². The summed E-state index contributed by atoms with van der Waals surface area (Å²) in [6.45, 7) is 9.80. The second-order valence-electron chi connectivity index (χ2n) is 11.4. The largest absolute Gasteiger partial charge is 0.493 e. The average molecular weight is 559 g/mol. The molecule has 0 saturated heterocycles. The average Bonchev–Trinajstić information content (AvgIpc) is 2.93. The van der Waals surface area contributed by atoms with E-state index in [0.717, 1.165) is 50.4 Å². The molecular weight excluding hydrogens is 516 g/mol. The highest BCUT2D eigenvalue weighted by molar-refractivity contribution is 6.06. The predicted octanol–water partition coefficient (Wildman–Crippen LogP) is 4.43. The van der Waals surface area contributed by atoms with Gasteiger partial charge in [-0.05, 0) is 62.5 Å². The second kappa shape index (κ2) is 14.2. The highest BCUT2D eigenvalue weighted by Gasteiger charge is 2.17. The fourth-order valence-electron chi connectivity index (χ4n) is 4.55. The molecule has 1 aromatic heterocycles. The van der Waals surface area contributed by atoms with E-state index in [0.29, 0.717) is 23.7 Å². The number of rotatable bonds is 3. The van der Waals surface area contributed by atoms with Crippen LogP contribution in [0.1, 0.15) is 46.0 Å². The van der Waals surface area contributed by atoms with Crippen molar-refractivity contribution in [3.8, 4) is 5.75 Å². The molecule has 1 aliphatic rings. The zero-order valence-corrected chi connectivity index (χ0v) is 24.8. The fraction of sp³-hybridized carbons (Fsp3) is 0.406. The van der Waals surface area contributed by atoms with Crippen LogP contribution < -0.4 is 15.4 Å². The first kappa shape index (κ1) is 30.2. The Kier molecular flexibility index (Phi) is 10.5. The highest BCUT2D eigenvalue weighted by atomic mass is 16.5. The number of pyridine rings is 1. The van der Waals surface area contributed by atoms with Gasteiger partial charge in [-0.1, -0.05) is 38.1 Å². The number of hydrogen-bond acceptors (Lipinski definition) is 7. The number of fused-ring (bicyclic) bond motifs is 6. The predicted molar refractivity (Wildman–Crippen MR) is 164 cm³/mol. The minimum atomic E-state index is -0.409. The minimum absolute atomic E-state index is 0.111. The quantitative estimate of drug-likeness (QED) is 0.492. The molecule has 9 nitrogen and oxygen atoms in total. The topological polar surface area (TPSA) is 90.0 Å². The Bertz CT molecular complexity index is 1250. The van der Waals surface area contributed by atoms with E-state index in [1.54, 1.807) is 12.1 Å². The van der Waals surface area contributed by atoms with Gasteiger partial charge in [0.05, 0.1) is 6.61 Å². The summed E-state index contributed by atoms with van der Waals surface area (Å²) in [5.74, 6) is -0.115. The Hall–Kier alpha value is -3.79. The summed E-state index contributed by atoms with van der Waals surface area (Å²) in [7, 11) is 6.36. The van der Waals surface area contributed by atoms with Crippen LogP contribution in [0.3, 0.4) is 0 Å². The van der Waals surface area contributed by atoms with Gasteiger partial charge in [-0.15, -0.1) is 0 Å². The number of amides is 2. The normalized spacial score (nSPS) is 16.8. The van der Waals surface area contributed by atoms with Gasteiger partial charge in [0.1, 0.15) is 17.1 Å². The molecule has 0 fully saturated rings. The summed E-state index contributed by atoms with van der Waals surface area (Å²) in [6, 6.07) is 18.8. The van der Waals surface area contributed by atoms with Gasteiger partial charge in [-0.3, -0.25) is 9.59 Å². The molecular formula is C32H42N6O3.